The van der Waals surface area contributed by atoms with E-state index in [1.54, 1.807) is 17.0 Å². The molecule has 0 radical (unpaired) electrons. The minimum Gasteiger partial charge on any atom is -0.380 e. The molecule has 0 bridgehead atoms. The highest BCUT2D eigenvalue weighted by molar-refractivity contribution is 5.92. The van der Waals surface area contributed by atoms with Crippen molar-refractivity contribution in [3.8, 4) is 0 Å². The van der Waals surface area contributed by atoms with Crippen molar-refractivity contribution in [3.05, 3.63) is 36.0 Å². The second-order valence-corrected chi connectivity index (χ2v) is 8.18. The maximum Gasteiger partial charge on any atom is 0.416 e. The summed E-state index contributed by atoms with van der Waals surface area (Å²) < 4.78 is 53.4. The number of fused-ring (bicyclic) bond motifs is 1. The Hall–Kier alpha value is -2.42. The first-order chi connectivity index (χ1) is 14.2. The summed E-state index contributed by atoms with van der Waals surface area (Å²) >= 11 is 0. The molecule has 2 saturated heterocycles. The van der Waals surface area contributed by atoms with E-state index in [1.807, 2.05) is 11.8 Å². The highest BCUT2D eigenvalue weighted by atomic mass is 19.4. The van der Waals surface area contributed by atoms with Crippen molar-refractivity contribution in [1.82, 2.24) is 14.8 Å². The Morgan fingerprint density at radius 3 is 2.80 bits per heavy atom. The lowest BCUT2D eigenvalue weighted by Gasteiger charge is -2.24. The number of likely N-dealkylation sites (tertiary alicyclic amines) is 2. The van der Waals surface area contributed by atoms with Gasteiger partial charge in [-0.2, -0.15) is 13.2 Å². The smallest absolute Gasteiger partial charge is 0.380 e. The predicted molar refractivity (Wildman–Crippen MR) is 106 cm³/mol. The molecular formula is C21H24F4N4O. The van der Waals surface area contributed by atoms with Gasteiger partial charge in [-0.15, -0.1) is 0 Å². The third-order valence-electron chi connectivity index (χ3n) is 5.88. The van der Waals surface area contributed by atoms with Crippen LogP contribution in [0.15, 0.2) is 30.5 Å². The van der Waals surface area contributed by atoms with Gasteiger partial charge in [0.05, 0.1) is 24.2 Å². The van der Waals surface area contributed by atoms with Gasteiger partial charge in [-0.05, 0) is 37.6 Å². The first-order valence-electron chi connectivity index (χ1n) is 10.1. The van der Waals surface area contributed by atoms with Crippen LogP contribution in [0.2, 0.25) is 0 Å². The van der Waals surface area contributed by atoms with Gasteiger partial charge in [-0.25, -0.2) is 4.39 Å². The predicted octanol–water partition coefficient (Wildman–Crippen LogP) is 3.70. The van der Waals surface area contributed by atoms with E-state index >= 15 is 0 Å². The Balaban J connectivity index is 1.44. The molecule has 3 atom stereocenters. The van der Waals surface area contributed by atoms with Gasteiger partial charge < -0.3 is 10.2 Å². The number of pyridine rings is 1. The molecule has 2 fully saturated rings. The molecule has 3 heterocycles. The first kappa shape index (κ1) is 20.8. The normalized spacial score (nSPS) is 25.2. The molecular weight excluding hydrogens is 400 g/mol. The summed E-state index contributed by atoms with van der Waals surface area (Å²) in [7, 11) is 0. The molecule has 0 unspecified atom stereocenters. The van der Waals surface area contributed by atoms with Gasteiger partial charge >= 0.3 is 6.18 Å². The van der Waals surface area contributed by atoms with Gasteiger partial charge in [0.15, 0.2) is 0 Å². The fourth-order valence-corrected chi connectivity index (χ4v) is 4.37. The Kier molecular flexibility index (Phi) is 5.57. The number of nitrogens with one attached hydrogen (secondary N) is 1. The summed E-state index contributed by atoms with van der Waals surface area (Å²) in [5, 5.41) is 3.84. The highest BCUT2D eigenvalue weighted by Crippen LogP contribution is 2.35. The Bertz CT molecular complexity index is 935. The van der Waals surface area contributed by atoms with Crippen molar-refractivity contribution in [2.24, 2.45) is 0 Å². The van der Waals surface area contributed by atoms with Gasteiger partial charge in [-0.1, -0.05) is 0 Å². The lowest BCUT2D eigenvalue weighted by Crippen LogP contribution is -2.42. The van der Waals surface area contributed by atoms with Crippen LogP contribution in [0.3, 0.4) is 0 Å². The second-order valence-electron chi connectivity index (χ2n) is 8.18. The van der Waals surface area contributed by atoms with Crippen LogP contribution in [0.5, 0.6) is 0 Å². The van der Waals surface area contributed by atoms with E-state index in [9.17, 15) is 22.4 Å². The van der Waals surface area contributed by atoms with Crippen molar-refractivity contribution in [2.75, 3.05) is 31.5 Å². The molecule has 1 aromatic heterocycles. The summed E-state index contributed by atoms with van der Waals surface area (Å²) in [5.41, 5.74) is -0.0757. The number of carbonyl (C=O) groups is 1. The van der Waals surface area contributed by atoms with Crippen LogP contribution in [0.4, 0.5) is 23.2 Å². The maximum absolute atomic E-state index is 13.5. The van der Waals surface area contributed by atoms with Crippen LogP contribution >= 0.6 is 0 Å². The largest absolute Gasteiger partial charge is 0.416 e. The van der Waals surface area contributed by atoms with E-state index in [2.05, 4.69) is 10.3 Å². The topological polar surface area (TPSA) is 48.5 Å². The van der Waals surface area contributed by atoms with E-state index in [0.717, 1.165) is 12.1 Å². The summed E-state index contributed by atoms with van der Waals surface area (Å²) in [5.74, 6) is -0.1000. The van der Waals surface area contributed by atoms with Crippen molar-refractivity contribution in [1.29, 1.82) is 0 Å². The van der Waals surface area contributed by atoms with Crippen LogP contribution in [-0.4, -0.2) is 65.1 Å². The Morgan fingerprint density at radius 1 is 1.30 bits per heavy atom. The molecule has 0 spiro atoms. The zero-order valence-electron chi connectivity index (χ0n) is 16.6. The molecule has 0 aliphatic carbocycles. The molecule has 5 nitrogen and oxygen atoms in total. The zero-order valence-corrected chi connectivity index (χ0v) is 16.6. The number of carbonyl (C=O) groups excluding carboxylic acids is 1. The van der Waals surface area contributed by atoms with Gasteiger partial charge in [-0.3, -0.25) is 14.7 Å². The summed E-state index contributed by atoms with van der Waals surface area (Å²) in [6, 6.07) is 5.40. The average molecular weight is 424 g/mol. The summed E-state index contributed by atoms with van der Waals surface area (Å²) in [4.78, 5) is 20.1. The Morgan fingerprint density at radius 2 is 2.10 bits per heavy atom. The summed E-state index contributed by atoms with van der Waals surface area (Å²) in [6.07, 6.45) is -2.90. The molecule has 4 rings (SSSR count). The number of nitrogens with zero attached hydrogens (tertiary/aromatic N) is 3. The number of hydrogen-bond donors (Lipinski definition) is 1. The van der Waals surface area contributed by atoms with Gasteiger partial charge in [0, 0.05) is 48.9 Å². The van der Waals surface area contributed by atoms with Crippen molar-refractivity contribution >= 4 is 22.5 Å². The number of halogens is 4. The van der Waals surface area contributed by atoms with Crippen molar-refractivity contribution < 1.29 is 22.4 Å². The standard InChI is InChI=1S/C21H24F4N4O/c1-13-7-15(22)10-29(13)20(30)12-28-6-4-16(11-28)27-19-9-14(21(23,24)25)8-18-17(19)3-2-5-26-18/h2-3,5,8-9,13,15-16,27H,4,6-7,10-12H2,1H3/t13-,15+,16-/m1/s1. The fourth-order valence-electron chi connectivity index (χ4n) is 4.37. The Labute approximate surface area is 172 Å². The lowest BCUT2D eigenvalue weighted by molar-refractivity contribution is -0.137. The molecule has 1 amide bonds. The van der Waals surface area contributed by atoms with Gasteiger partial charge in [0.1, 0.15) is 6.17 Å². The number of hydrogen-bond acceptors (Lipinski definition) is 4. The molecule has 1 aromatic carbocycles. The molecule has 2 aliphatic rings. The van der Waals surface area contributed by atoms with Gasteiger partial charge in [0.25, 0.3) is 0 Å². The second kappa shape index (κ2) is 8.02. The third-order valence-corrected chi connectivity index (χ3v) is 5.88. The molecule has 0 saturated carbocycles. The van der Waals surface area contributed by atoms with Crippen LogP contribution < -0.4 is 5.32 Å². The molecule has 1 N–H and O–H groups in total. The number of benzene rings is 1. The van der Waals surface area contributed by atoms with E-state index in [4.69, 9.17) is 0 Å². The SMILES string of the molecule is C[C@@H]1C[C@H](F)CN1C(=O)CN1CC[C@@H](Nc2cc(C(F)(F)F)cc3ncccc23)C1. The highest BCUT2D eigenvalue weighted by Gasteiger charge is 2.35. The van der Waals surface area contributed by atoms with E-state index < -0.39 is 17.9 Å². The molecule has 2 aliphatic heterocycles. The molecule has 30 heavy (non-hydrogen) atoms. The number of aromatic nitrogens is 1. The first-order valence-corrected chi connectivity index (χ1v) is 10.1. The van der Waals surface area contributed by atoms with Crippen LogP contribution in [-0.2, 0) is 11.0 Å². The molecule has 9 heteroatoms. The number of rotatable bonds is 4. The monoisotopic (exact) mass is 424 g/mol. The van der Waals surface area contributed by atoms with Crippen LogP contribution in [0, 0.1) is 0 Å². The lowest BCUT2D eigenvalue weighted by atomic mass is 10.1. The maximum atomic E-state index is 13.5. The third kappa shape index (κ3) is 4.35. The zero-order chi connectivity index (χ0) is 21.5. The number of anilines is 1. The fraction of sp³-hybridized carbons (Fsp3) is 0.524. The minimum absolute atomic E-state index is 0.0883. The van der Waals surface area contributed by atoms with E-state index in [0.29, 0.717) is 37.0 Å². The minimum atomic E-state index is -4.46. The quantitative estimate of drug-likeness (QED) is 0.761. The van der Waals surface area contributed by atoms with Gasteiger partial charge in [0.2, 0.25) is 5.91 Å². The number of amides is 1. The van der Waals surface area contributed by atoms with Crippen LogP contribution in [0.1, 0.15) is 25.3 Å². The number of alkyl halides is 4. The molecule has 2 aromatic rings. The summed E-state index contributed by atoms with van der Waals surface area (Å²) in [6.45, 7) is 3.36. The van der Waals surface area contributed by atoms with Crippen molar-refractivity contribution in [3.63, 3.8) is 0 Å². The van der Waals surface area contributed by atoms with Crippen LogP contribution in [0.25, 0.3) is 10.9 Å². The van der Waals surface area contributed by atoms with E-state index in [1.165, 1.54) is 6.20 Å². The molecule has 162 valence electrons. The average Bonchev–Trinajstić information content (AvgIpc) is 3.26. The van der Waals surface area contributed by atoms with E-state index in [-0.39, 0.29) is 36.6 Å². The van der Waals surface area contributed by atoms with Crippen molar-refractivity contribution in [2.45, 2.75) is 44.2 Å².